The number of hydrogen-bond donors (Lipinski definition) is 0. The first kappa shape index (κ1) is 34.1. The third-order valence-corrected chi connectivity index (χ3v) is 11.1. The van der Waals surface area contributed by atoms with Crippen LogP contribution >= 0.6 is 0 Å². The lowest BCUT2D eigenvalue weighted by Gasteiger charge is -2.12. The van der Waals surface area contributed by atoms with Crippen LogP contribution in [-0.2, 0) is 0 Å². The molecule has 0 spiro atoms. The van der Waals surface area contributed by atoms with Crippen molar-refractivity contribution in [3.05, 3.63) is 200 Å². The number of benzene rings is 9. The average Bonchev–Trinajstić information content (AvgIpc) is 3.72. The molecular formula is C54H32N4O. The lowest BCUT2D eigenvalue weighted by atomic mass is 9.91. The number of nitrogens with zero attached hydrogens (tertiary/aromatic N) is 4. The van der Waals surface area contributed by atoms with Gasteiger partial charge in [-0.2, -0.15) is 5.26 Å². The van der Waals surface area contributed by atoms with Crippen LogP contribution in [0.3, 0.4) is 0 Å². The normalized spacial score (nSPS) is 11.4. The first-order valence-electron chi connectivity index (χ1n) is 19.6. The summed E-state index contributed by atoms with van der Waals surface area (Å²) in [6.45, 7) is 0. The molecule has 0 saturated heterocycles. The molecule has 274 valence electrons. The van der Waals surface area contributed by atoms with E-state index in [1.54, 1.807) is 0 Å². The van der Waals surface area contributed by atoms with Crippen molar-refractivity contribution in [3.8, 4) is 73.6 Å². The molecule has 2 aromatic heterocycles. The van der Waals surface area contributed by atoms with Gasteiger partial charge in [0.05, 0.1) is 11.6 Å². The van der Waals surface area contributed by atoms with Crippen LogP contribution in [0.1, 0.15) is 5.56 Å². The molecular weight excluding hydrogens is 721 g/mol. The van der Waals surface area contributed by atoms with E-state index >= 15 is 0 Å². The molecule has 0 aliphatic heterocycles. The highest BCUT2D eigenvalue weighted by Gasteiger charge is 2.18. The Morgan fingerprint density at radius 3 is 1.42 bits per heavy atom. The highest BCUT2D eigenvalue weighted by molar-refractivity contribution is 6.30. The Hall–Kier alpha value is -8.20. The summed E-state index contributed by atoms with van der Waals surface area (Å²) in [6.07, 6.45) is 0. The summed E-state index contributed by atoms with van der Waals surface area (Å²) in [7, 11) is 0. The number of hydrogen-bond acceptors (Lipinski definition) is 5. The minimum atomic E-state index is 0.615. The largest absolute Gasteiger partial charge is 0.455 e. The second-order valence-corrected chi connectivity index (χ2v) is 14.7. The zero-order valence-electron chi connectivity index (χ0n) is 31.7. The van der Waals surface area contributed by atoms with Crippen molar-refractivity contribution >= 4 is 43.5 Å². The predicted molar refractivity (Wildman–Crippen MR) is 239 cm³/mol. The first-order valence-corrected chi connectivity index (χ1v) is 19.6. The molecule has 11 rings (SSSR count). The van der Waals surface area contributed by atoms with E-state index in [4.69, 9.17) is 19.4 Å². The quantitative estimate of drug-likeness (QED) is 0.158. The Morgan fingerprint density at radius 2 is 0.797 bits per heavy atom. The van der Waals surface area contributed by atoms with Crippen LogP contribution in [0, 0.1) is 11.3 Å². The van der Waals surface area contributed by atoms with Gasteiger partial charge in [-0.1, -0.05) is 152 Å². The monoisotopic (exact) mass is 752 g/mol. The molecule has 59 heavy (non-hydrogen) atoms. The van der Waals surface area contributed by atoms with E-state index in [2.05, 4.69) is 103 Å². The number of para-hydroxylation sites is 1. The van der Waals surface area contributed by atoms with Gasteiger partial charge < -0.3 is 4.42 Å². The van der Waals surface area contributed by atoms with E-state index in [0.717, 1.165) is 88.2 Å². The van der Waals surface area contributed by atoms with Crippen molar-refractivity contribution in [1.82, 2.24) is 15.0 Å². The SMILES string of the molecule is N#Cc1ccc(-c2cccc(-c3ccc4c5ccc(-c6cccc(-c7nc(-c8ccccc8)nc(-c8ccccc8)n7)c6)cc5c5oc6ccccc6c5c4c3)c2)cc1. The molecule has 5 nitrogen and oxygen atoms in total. The molecule has 0 bridgehead atoms. The molecule has 2 heterocycles. The Bertz CT molecular complexity index is 3380. The van der Waals surface area contributed by atoms with Gasteiger partial charge in [-0.25, -0.2) is 15.0 Å². The van der Waals surface area contributed by atoms with Crippen molar-refractivity contribution in [3.63, 3.8) is 0 Å². The average molecular weight is 753 g/mol. The van der Waals surface area contributed by atoms with Crippen LogP contribution in [-0.4, -0.2) is 15.0 Å². The van der Waals surface area contributed by atoms with E-state index in [9.17, 15) is 5.26 Å². The maximum Gasteiger partial charge on any atom is 0.164 e. The van der Waals surface area contributed by atoms with Crippen molar-refractivity contribution in [1.29, 1.82) is 5.26 Å². The number of rotatable bonds is 6. The van der Waals surface area contributed by atoms with Gasteiger partial charge in [-0.05, 0) is 92.0 Å². The molecule has 9 aromatic carbocycles. The third kappa shape index (κ3) is 6.08. The van der Waals surface area contributed by atoms with Crippen LogP contribution in [0.4, 0.5) is 0 Å². The second kappa shape index (κ2) is 14.1. The van der Waals surface area contributed by atoms with Crippen LogP contribution in [0.15, 0.2) is 199 Å². The molecule has 0 aliphatic carbocycles. The van der Waals surface area contributed by atoms with Crippen molar-refractivity contribution < 1.29 is 4.42 Å². The third-order valence-electron chi connectivity index (χ3n) is 11.1. The van der Waals surface area contributed by atoms with Crippen LogP contribution in [0.25, 0.3) is 111 Å². The standard InChI is InChI=1S/C54H32N4O/c55-33-34-21-23-35(24-22-34)38-15-9-16-39(29-38)41-25-27-44-45-28-26-42(32-48(45)51-50(47(44)31-41)46-19-7-8-20-49(46)59-51)40-17-10-18-43(30-40)54-57-52(36-11-3-1-4-12-36)56-53(58-54)37-13-5-2-6-14-37/h1-32H. The van der Waals surface area contributed by atoms with E-state index < -0.39 is 0 Å². The number of fused-ring (bicyclic) bond motifs is 8. The molecule has 0 fully saturated rings. The zero-order valence-corrected chi connectivity index (χ0v) is 31.7. The van der Waals surface area contributed by atoms with Gasteiger partial charge >= 0.3 is 0 Å². The summed E-state index contributed by atoms with van der Waals surface area (Å²) < 4.78 is 6.76. The fraction of sp³-hybridized carbons (Fsp3) is 0. The van der Waals surface area contributed by atoms with E-state index in [1.807, 2.05) is 97.1 Å². The molecule has 11 aromatic rings. The van der Waals surface area contributed by atoms with Gasteiger partial charge in [0.15, 0.2) is 17.5 Å². The molecule has 0 N–H and O–H groups in total. The minimum absolute atomic E-state index is 0.615. The fourth-order valence-electron chi connectivity index (χ4n) is 8.21. The first-order chi connectivity index (χ1) is 29.2. The predicted octanol–water partition coefficient (Wildman–Crippen LogP) is 14.0. The van der Waals surface area contributed by atoms with Crippen LogP contribution in [0.5, 0.6) is 0 Å². The minimum Gasteiger partial charge on any atom is -0.455 e. The highest BCUT2D eigenvalue weighted by atomic mass is 16.3. The molecule has 0 unspecified atom stereocenters. The van der Waals surface area contributed by atoms with Crippen molar-refractivity contribution in [2.75, 3.05) is 0 Å². The van der Waals surface area contributed by atoms with Crippen molar-refractivity contribution in [2.45, 2.75) is 0 Å². The van der Waals surface area contributed by atoms with E-state index in [0.29, 0.717) is 23.0 Å². The van der Waals surface area contributed by atoms with Crippen LogP contribution in [0.2, 0.25) is 0 Å². The van der Waals surface area contributed by atoms with E-state index in [-0.39, 0.29) is 0 Å². The Balaban J connectivity index is 1.05. The topological polar surface area (TPSA) is 75.6 Å². The molecule has 0 saturated carbocycles. The van der Waals surface area contributed by atoms with Gasteiger partial charge in [0.25, 0.3) is 0 Å². The zero-order chi connectivity index (χ0) is 39.3. The van der Waals surface area contributed by atoms with E-state index in [1.165, 1.54) is 5.39 Å². The van der Waals surface area contributed by atoms with Gasteiger partial charge in [-0.15, -0.1) is 0 Å². The Kier molecular flexibility index (Phi) is 8.13. The number of aromatic nitrogens is 3. The molecule has 0 atom stereocenters. The highest BCUT2D eigenvalue weighted by Crippen LogP contribution is 2.43. The molecule has 5 heteroatoms. The summed E-state index contributed by atoms with van der Waals surface area (Å²) in [5.41, 5.74) is 11.7. The second-order valence-electron chi connectivity index (χ2n) is 14.7. The number of furan rings is 1. The molecule has 0 radical (unpaired) electrons. The molecule has 0 amide bonds. The van der Waals surface area contributed by atoms with Crippen molar-refractivity contribution in [2.24, 2.45) is 0 Å². The summed E-state index contributed by atoms with van der Waals surface area (Å²) >= 11 is 0. The van der Waals surface area contributed by atoms with Gasteiger partial charge in [-0.3, -0.25) is 0 Å². The maximum atomic E-state index is 9.30. The van der Waals surface area contributed by atoms with Gasteiger partial charge in [0.1, 0.15) is 11.2 Å². The van der Waals surface area contributed by atoms with Gasteiger partial charge in [0.2, 0.25) is 0 Å². The van der Waals surface area contributed by atoms with Gasteiger partial charge in [0, 0.05) is 32.8 Å². The van der Waals surface area contributed by atoms with Crippen LogP contribution < -0.4 is 0 Å². The summed E-state index contributed by atoms with van der Waals surface area (Å²) in [5, 5.41) is 16.0. The molecule has 0 aliphatic rings. The summed E-state index contributed by atoms with van der Waals surface area (Å²) in [4.78, 5) is 14.9. The number of nitriles is 1. The Labute approximate surface area is 340 Å². The maximum absolute atomic E-state index is 9.30. The smallest absolute Gasteiger partial charge is 0.164 e. The summed E-state index contributed by atoms with van der Waals surface area (Å²) in [5.74, 6) is 1.88. The summed E-state index contributed by atoms with van der Waals surface area (Å²) in [6, 6.07) is 68.8. The Morgan fingerprint density at radius 1 is 0.339 bits per heavy atom. The lowest BCUT2D eigenvalue weighted by molar-refractivity contribution is 0.673. The fourth-order valence-corrected chi connectivity index (χ4v) is 8.21. The lowest BCUT2D eigenvalue weighted by Crippen LogP contribution is -2.00.